The van der Waals surface area contributed by atoms with Gasteiger partial charge in [-0.05, 0) is 37.3 Å². The molecule has 1 aromatic rings. The molecule has 2 rings (SSSR count). The van der Waals surface area contributed by atoms with Crippen molar-refractivity contribution in [1.29, 1.82) is 0 Å². The molecule has 0 radical (unpaired) electrons. The number of ether oxygens (including phenoxy) is 1. The van der Waals surface area contributed by atoms with Crippen molar-refractivity contribution in [2.24, 2.45) is 5.92 Å². The first kappa shape index (κ1) is 10.9. The Labute approximate surface area is 95.0 Å². The zero-order valence-corrected chi connectivity index (χ0v) is 10.1. The Hall–Kier alpha value is -0.610. The lowest BCUT2D eigenvalue weighted by molar-refractivity contribution is 0.402. The molecular weight excluding hydrogens is 208 g/mol. The van der Waals surface area contributed by atoms with Gasteiger partial charge in [0.2, 0.25) is 5.88 Å². The van der Waals surface area contributed by atoms with Gasteiger partial charge in [-0.2, -0.15) is 4.37 Å². The molecule has 0 aliphatic heterocycles. The highest BCUT2D eigenvalue weighted by molar-refractivity contribution is 7.06. The highest BCUT2D eigenvalue weighted by atomic mass is 32.1. The summed E-state index contributed by atoms with van der Waals surface area (Å²) >= 11 is 1.52. The number of hydrogen-bond acceptors (Lipinski definition) is 4. The summed E-state index contributed by atoms with van der Waals surface area (Å²) in [6.45, 7) is 3.30. The van der Waals surface area contributed by atoms with Crippen LogP contribution in [0.15, 0.2) is 6.07 Å². The third kappa shape index (κ3) is 3.18. The van der Waals surface area contributed by atoms with Gasteiger partial charge in [-0.25, -0.2) is 0 Å². The molecule has 1 fully saturated rings. The molecule has 0 spiro atoms. The van der Waals surface area contributed by atoms with E-state index in [9.17, 15) is 0 Å². The normalized spacial score (nSPS) is 17.7. The fourth-order valence-corrected chi connectivity index (χ4v) is 2.30. The molecule has 4 heteroatoms. The van der Waals surface area contributed by atoms with Crippen LogP contribution in [0.4, 0.5) is 0 Å². The zero-order valence-electron chi connectivity index (χ0n) is 9.32. The minimum atomic E-state index is 0.394. The summed E-state index contributed by atoms with van der Waals surface area (Å²) in [6.07, 6.45) is 4.19. The minimum absolute atomic E-state index is 0.394. The molecule has 0 bridgehead atoms. The van der Waals surface area contributed by atoms with E-state index in [4.69, 9.17) is 4.74 Å². The fraction of sp³-hybridized carbons (Fsp3) is 0.727. The quantitative estimate of drug-likeness (QED) is 0.809. The Morgan fingerprint density at radius 2 is 2.47 bits per heavy atom. The Morgan fingerprint density at radius 3 is 3.07 bits per heavy atom. The van der Waals surface area contributed by atoms with Crippen molar-refractivity contribution >= 4 is 11.5 Å². The number of hydrogen-bond donors (Lipinski definition) is 1. The second-order valence-electron chi connectivity index (χ2n) is 4.18. The van der Waals surface area contributed by atoms with E-state index in [1.807, 2.05) is 6.07 Å². The molecule has 1 unspecified atom stereocenters. The van der Waals surface area contributed by atoms with Crippen LogP contribution in [0.1, 0.15) is 37.1 Å². The van der Waals surface area contributed by atoms with Gasteiger partial charge in [0.05, 0.1) is 7.11 Å². The zero-order chi connectivity index (χ0) is 10.7. The Morgan fingerprint density at radius 1 is 1.67 bits per heavy atom. The van der Waals surface area contributed by atoms with Crippen molar-refractivity contribution in [2.45, 2.75) is 32.2 Å². The molecule has 15 heavy (non-hydrogen) atoms. The third-order valence-electron chi connectivity index (χ3n) is 2.84. The van der Waals surface area contributed by atoms with Gasteiger partial charge in [0.1, 0.15) is 0 Å². The lowest BCUT2D eigenvalue weighted by atomic mass is 10.2. The Balaban J connectivity index is 1.75. The minimum Gasteiger partial charge on any atom is -0.480 e. The van der Waals surface area contributed by atoms with Gasteiger partial charge in [-0.3, -0.25) is 0 Å². The highest BCUT2D eigenvalue weighted by Gasteiger charge is 2.20. The molecule has 0 saturated heterocycles. The summed E-state index contributed by atoms with van der Waals surface area (Å²) in [6, 6.07) is 2.41. The Kier molecular flexibility index (Phi) is 3.59. The standard InChI is InChI=1S/C11H18N2OS/c1-8(12-6-5-9-3-4-9)10-7-11(14-2)13-15-10/h7-9,12H,3-6H2,1-2H3. The molecule has 1 aliphatic rings. The number of rotatable bonds is 6. The van der Waals surface area contributed by atoms with Gasteiger partial charge in [0.15, 0.2) is 0 Å². The van der Waals surface area contributed by atoms with Crippen molar-refractivity contribution in [3.63, 3.8) is 0 Å². The van der Waals surface area contributed by atoms with Crippen molar-refractivity contribution < 1.29 is 4.74 Å². The maximum absolute atomic E-state index is 5.07. The molecule has 1 aromatic heterocycles. The van der Waals surface area contributed by atoms with E-state index in [-0.39, 0.29) is 0 Å². The fourth-order valence-electron chi connectivity index (χ4n) is 1.58. The topological polar surface area (TPSA) is 34.1 Å². The highest BCUT2D eigenvalue weighted by Crippen LogP contribution is 2.32. The Bertz CT molecular complexity index is 309. The van der Waals surface area contributed by atoms with Crippen LogP contribution in [0.2, 0.25) is 0 Å². The maximum atomic E-state index is 5.07. The van der Waals surface area contributed by atoms with E-state index in [1.165, 1.54) is 35.7 Å². The van der Waals surface area contributed by atoms with E-state index >= 15 is 0 Å². The number of aromatic nitrogens is 1. The average Bonchev–Trinajstić information content (AvgIpc) is 2.94. The van der Waals surface area contributed by atoms with Gasteiger partial charge in [0, 0.05) is 17.0 Å². The number of methoxy groups -OCH3 is 1. The maximum Gasteiger partial charge on any atom is 0.225 e. The van der Waals surface area contributed by atoms with Crippen LogP contribution >= 0.6 is 11.5 Å². The van der Waals surface area contributed by atoms with E-state index < -0.39 is 0 Å². The summed E-state index contributed by atoms with van der Waals surface area (Å²) in [7, 11) is 1.66. The number of nitrogens with zero attached hydrogens (tertiary/aromatic N) is 1. The molecular formula is C11H18N2OS. The molecule has 3 nitrogen and oxygen atoms in total. The monoisotopic (exact) mass is 226 g/mol. The molecule has 0 aromatic carbocycles. The average molecular weight is 226 g/mol. The van der Waals surface area contributed by atoms with Crippen molar-refractivity contribution in [1.82, 2.24) is 9.69 Å². The van der Waals surface area contributed by atoms with Crippen LogP contribution in [0.25, 0.3) is 0 Å². The van der Waals surface area contributed by atoms with Gasteiger partial charge in [-0.1, -0.05) is 12.8 Å². The summed E-state index contributed by atoms with van der Waals surface area (Å²) in [4.78, 5) is 1.25. The smallest absolute Gasteiger partial charge is 0.225 e. The SMILES string of the molecule is COc1cc(C(C)NCCC2CC2)sn1. The first-order valence-electron chi connectivity index (χ1n) is 5.53. The van der Waals surface area contributed by atoms with Crippen LogP contribution in [0.3, 0.4) is 0 Å². The van der Waals surface area contributed by atoms with Crippen LogP contribution in [0, 0.1) is 5.92 Å². The molecule has 1 saturated carbocycles. The van der Waals surface area contributed by atoms with Crippen LogP contribution in [0.5, 0.6) is 5.88 Å². The molecule has 0 amide bonds. The lowest BCUT2D eigenvalue weighted by Gasteiger charge is -2.10. The van der Waals surface area contributed by atoms with Crippen LogP contribution < -0.4 is 10.1 Å². The molecule has 1 N–H and O–H groups in total. The second-order valence-corrected chi connectivity index (χ2v) is 5.02. The largest absolute Gasteiger partial charge is 0.480 e. The molecule has 1 heterocycles. The van der Waals surface area contributed by atoms with Crippen molar-refractivity contribution in [3.05, 3.63) is 10.9 Å². The summed E-state index contributed by atoms with van der Waals surface area (Å²) in [5.41, 5.74) is 0. The molecule has 1 aliphatic carbocycles. The van der Waals surface area contributed by atoms with E-state index in [1.54, 1.807) is 7.11 Å². The first-order valence-corrected chi connectivity index (χ1v) is 6.31. The third-order valence-corrected chi connectivity index (χ3v) is 3.80. The van der Waals surface area contributed by atoms with Gasteiger partial charge < -0.3 is 10.1 Å². The predicted octanol–water partition coefficient (Wildman–Crippen LogP) is 2.60. The van der Waals surface area contributed by atoms with Crippen molar-refractivity contribution in [3.8, 4) is 5.88 Å². The first-order chi connectivity index (χ1) is 7.29. The van der Waals surface area contributed by atoms with Gasteiger partial charge >= 0.3 is 0 Å². The van der Waals surface area contributed by atoms with E-state index in [2.05, 4.69) is 16.6 Å². The summed E-state index contributed by atoms with van der Waals surface area (Å²) < 4.78 is 9.26. The number of nitrogens with one attached hydrogen (secondary N) is 1. The van der Waals surface area contributed by atoms with Gasteiger partial charge in [0.25, 0.3) is 0 Å². The second kappa shape index (κ2) is 4.94. The van der Waals surface area contributed by atoms with E-state index in [0.29, 0.717) is 6.04 Å². The molecule has 84 valence electrons. The lowest BCUT2D eigenvalue weighted by Crippen LogP contribution is -2.19. The summed E-state index contributed by atoms with van der Waals surface area (Å²) in [5, 5.41) is 3.52. The van der Waals surface area contributed by atoms with Gasteiger partial charge in [-0.15, -0.1) is 0 Å². The van der Waals surface area contributed by atoms with Crippen LogP contribution in [-0.4, -0.2) is 18.0 Å². The van der Waals surface area contributed by atoms with Crippen LogP contribution in [-0.2, 0) is 0 Å². The van der Waals surface area contributed by atoms with E-state index in [0.717, 1.165) is 18.3 Å². The predicted molar refractivity (Wildman–Crippen MR) is 62.4 cm³/mol. The summed E-state index contributed by atoms with van der Waals surface area (Å²) in [5.74, 6) is 1.73. The van der Waals surface area contributed by atoms with Crippen molar-refractivity contribution in [2.75, 3.05) is 13.7 Å². The molecule has 1 atom stereocenters.